The highest BCUT2D eigenvalue weighted by Crippen LogP contribution is 2.27. The van der Waals surface area contributed by atoms with Crippen LogP contribution in [0.4, 0.5) is 10.1 Å². The molecule has 2 N–H and O–H groups in total. The number of hydrogen-bond acceptors (Lipinski definition) is 5. The number of nitrogens with two attached hydrogens (primary N) is 1. The molecule has 0 radical (unpaired) electrons. The van der Waals surface area contributed by atoms with Crippen LogP contribution in [-0.2, 0) is 19.9 Å². The van der Waals surface area contributed by atoms with Gasteiger partial charge in [0.05, 0.1) is 11.5 Å². The van der Waals surface area contributed by atoms with E-state index < -0.39 is 36.6 Å². The van der Waals surface area contributed by atoms with E-state index in [9.17, 15) is 21.2 Å². The zero-order valence-corrected chi connectivity index (χ0v) is 13.3. The molecular formula is C12H17FN2O4S2. The van der Waals surface area contributed by atoms with Crippen LogP contribution in [0.25, 0.3) is 0 Å². The lowest BCUT2D eigenvalue weighted by Crippen LogP contribution is -2.49. The maximum absolute atomic E-state index is 14.0. The monoisotopic (exact) mass is 336 g/mol. The summed E-state index contributed by atoms with van der Waals surface area (Å²) >= 11 is 0. The summed E-state index contributed by atoms with van der Waals surface area (Å²) in [5.74, 6) is -1.42. The van der Waals surface area contributed by atoms with Gasteiger partial charge in [-0.15, -0.1) is 0 Å². The van der Waals surface area contributed by atoms with Crippen LogP contribution in [-0.4, -0.2) is 45.2 Å². The van der Waals surface area contributed by atoms with Gasteiger partial charge in [-0.05, 0) is 31.5 Å². The predicted molar refractivity (Wildman–Crippen MR) is 77.6 cm³/mol. The van der Waals surface area contributed by atoms with Crippen molar-refractivity contribution < 1.29 is 21.2 Å². The van der Waals surface area contributed by atoms with Crippen LogP contribution in [0.5, 0.6) is 0 Å². The van der Waals surface area contributed by atoms with Gasteiger partial charge in [-0.25, -0.2) is 21.2 Å². The predicted octanol–water partition coefficient (Wildman–Crippen LogP) is 0.524. The molecule has 1 atom stereocenters. The Morgan fingerprint density at radius 2 is 2.00 bits per heavy atom. The van der Waals surface area contributed by atoms with Gasteiger partial charge in [-0.2, -0.15) is 4.31 Å². The van der Waals surface area contributed by atoms with Crippen LogP contribution in [0.3, 0.4) is 0 Å². The molecule has 1 unspecified atom stereocenters. The van der Waals surface area contributed by atoms with Crippen LogP contribution >= 0.6 is 0 Å². The molecule has 0 aliphatic carbocycles. The summed E-state index contributed by atoms with van der Waals surface area (Å²) in [6.45, 7) is 2.88. The second-order valence-electron chi connectivity index (χ2n) is 5.22. The third-order valence-electron chi connectivity index (χ3n) is 3.52. The van der Waals surface area contributed by atoms with Crippen LogP contribution in [0.1, 0.15) is 12.5 Å². The second kappa shape index (κ2) is 5.22. The number of sulfonamides is 1. The molecular weight excluding hydrogens is 319 g/mol. The average molecular weight is 336 g/mol. The van der Waals surface area contributed by atoms with Crippen LogP contribution in [0.2, 0.25) is 0 Å². The molecule has 1 aliphatic rings. The summed E-state index contributed by atoms with van der Waals surface area (Å²) in [7, 11) is -7.37. The normalized spacial score (nSPS) is 23.1. The third kappa shape index (κ3) is 3.04. The van der Waals surface area contributed by atoms with Crippen LogP contribution in [0.15, 0.2) is 17.0 Å². The Bertz CT molecular complexity index is 775. The van der Waals surface area contributed by atoms with E-state index in [0.29, 0.717) is 5.56 Å². The molecule has 0 spiro atoms. The number of rotatable bonds is 2. The minimum absolute atomic E-state index is 0.173. The lowest BCUT2D eigenvalue weighted by atomic mass is 10.2. The summed E-state index contributed by atoms with van der Waals surface area (Å²) in [6.07, 6.45) is 0. The lowest BCUT2D eigenvalue weighted by Gasteiger charge is -2.32. The summed E-state index contributed by atoms with van der Waals surface area (Å²) in [5.41, 5.74) is 6.27. The summed E-state index contributed by atoms with van der Waals surface area (Å²) in [6, 6.07) is 1.40. The van der Waals surface area contributed by atoms with E-state index in [1.807, 2.05) is 0 Å². The van der Waals surface area contributed by atoms with Crippen molar-refractivity contribution in [3.05, 3.63) is 23.5 Å². The Labute approximate surface area is 123 Å². The Morgan fingerprint density at radius 1 is 1.38 bits per heavy atom. The molecule has 1 saturated heterocycles. The maximum Gasteiger partial charge on any atom is 0.246 e. The number of benzene rings is 1. The fraction of sp³-hybridized carbons (Fsp3) is 0.500. The van der Waals surface area contributed by atoms with E-state index in [1.54, 1.807) is 6.92 Å². The molecule has 1 fully saturated rings. The van der Waals surface area contributed by atoms with Crippen molar-refractivity contribution in [3.63, 3.8) is 0 Å². The van der Waals surface area contributed by atoms with Crippen molar-refractivity contribution in [2.24, 2.45) is 0 Å². The van der Waals surface area contributed by atoms with E-state index in [-0.39, 0.29) is 23.7 Å². The van der Waals surface area contributed by atoms with Crippen molar-refractivity contribution >= 4 is 25.5 Å². The topological polar surface area (TPSA) is 97.5 Å². The summed E-state index contributed by atoms with van der Waals surface area (Å²) in [5, 5.41) is 0. The van der Waals surface area contributed by atoms with E-state index in [1.165, 1.54) is 6.92 Å². The van der Waals surface area contributed by atoms with Crippen LogP contribution < -0.4 is 5.73 Å². The molecule has 6 nitrogen and oxygen atoms in total. The molecule has 9 heteroatoms. The highest BCUT2D eigenvalue weighted by Gasteiger charge is 2.37. The number of nitrogens with zero attached hydrogens (tertiary/aromatic N) is 1. The number of hydrogen-bond donors (Lipinski definition) is 1. The van der Waals surface area contributed by atoms with E-state index >= 15 is 0 Å². The molecule has 0 aromatic heterocycles. The lowest BCUT2D eigenvalue weighted by molar-refractivity contribution is 0.355. The molecule has 1 heterocycles. The smallest absolute Gasteiger partial charge is 0.246 e. The minimum Gasteiger partial charge on any atom is -0.398 e. The highest BCUT2D eigenvalue weighted by atomic mass is 32.2. The van der Waals surface area contributed by atoms with Gasteiger partial charge >= 0.3 is 0 Å². The Balaban J connectivity index is 2.46. The van der Waals surface area contributed by atoms with Gasteiger partial charge in [0, 0.05) is 18.3 Å². The number of anilines is 1. The molecule has 21 heavy (non-hydrogen) atoms. The average Bonchev–Trinajstić information content (AvgIpc) is 2.31. The Morgan fingerprint density at radius 3 is 2.57 bits per heavy atom. The Kier molecular flexibility index (Phi) is 4.02. The summed E-state index contributed by atoms with van der Waals surface area (Å²) < 4.78 is 63.1. The highest BCUT2D eigenvalue weighted by molar-refractivity contribution is 7.92. The summed E-state index contributed by atoms with van der Waals surface area (Å²) in [4.78, 5) is -0.517. The second-order valence-corrected chi connectivity index (χ2v) is 9.31. The van der Waals surface area contributed by atoms with Gasteiger partial charge in [-0.3, -0.25) is 0 Å². The maximum atomic E-state index is 14.0. The number of aryl methyl sites for hydroxylation is 1. The zero-order chi connectivity index (χ0) is 16.0. The van der Waals surface area contributed by atoms with Gasteiger partial charge in [0.25, 0.3) is 0 Å². The number of sulfone groups is 1. The SMILES string of the molecule is Cc1cc(F)c(S(=O)(=O)N2CCS(=O)(=O)CC2C)cc1N. The molecule has 2 rings (SSSR count). The van der Waals surface area contributed by atoms with E-state index in [0.717, 1.165) is 16.4 Å². The molecule has 0 bridgehead atoms. The molecule has 1 aromatic carbocycles. The quantitative estimate of drug-likeness (QED) is 0.794. The van der Waals surface area contributed by atoms with Crippen molar-refractivity contribution in [2.45, 2.75) is 24.8 Å². The zero-order valence-electron chi connectivity index (χ0n) is 11.7. The minimum atomic E-state index is -4.12. The fourth-order valence-electron chi connectivity index (χ4n) is 2.33. The molecule has 118 valence electrons. The first-order valence-corrected chi connectivity index (χ1v) is 9.58. The number of nitrogen functional groups attached to an aromatic ring is 1. The van der Waals surface area contributed by atoms with E-state index in [4.69, 9.17) is 5.73 Å². The molecule has 1 aromatic rings. The fourth-order valence-corrected chi connectivity index (χ4v) is 5.81. The molecule has 0 saturated carbocycles. The van der Waals surface area contributed by atoms with E-state index in [2.05, 4.69) is 0 Å². The van der Waals surface area contributed by atoms with Crippen molar-refractivity contribution in [3.8, 4) is 0 Å². The van der Waals surface area contributed by atoms with Gasteiger partial charge in [0.15, 0.2) is 9.84 Å². The van der Waals surface area contributed by atoms with Gasteiger partial charge in [0.2, 0.25) is 10.0 Å². The molecule has 0 amide bonds. The Hall–Kier alpha value is -1.19. The standard InChI is InChI=1S/C12H17FN2O4S2/c1-8-5-10(13)12(6-11(8)14)21(18,19)15-3-4-20(16,17)7-9(15)2/h5-6,9H,3-4,7,14H2,1-2H3. The van der Waals surface area contributed by atoms with Gasteiger partial charge in [0.1, 0.15) is 10.7 Å². The first-order valence-electron chi connectivity index (χ1n) is 6.32. The number of halogens is 1. The first kappa shape index (κ1) is 16.2. The third-order valence-corrected chi connectivity index (χ3v) is 7.34. The first-order chi connectivity index (χ1) is 9.54. The van der Waals surface area contributed by atoms with Crippen molar-refractivity contribution in [1.82, 2.24) is 4.31 Å². The van der Waals surface area contributed by atoms with Crippen molar-refractivity contribution in [2.75, 3.05) is 23.8 Å². The van der Waals surface area contributed by atoms with Crippen LogP contribution in [0, 0.1) is 12.7 Å². The van der Waals surface area contributed by atoms with Gasteiger partial charge < -0.3 is 5.73 Å². The van der Waals surface area contributed by atoms with Crippen molar-refractivity contribution in [1.29, 1.82) is 0 Å². The molecule has 1 aliphatic heterocycles. The largest absolute Gasteiger partial charge is 0.398 e. The van der Waals surface area contributed by atoms with Gasteiger partial charge in [-0.1, -0.05) is 0 Å².